The third-order valence-corrected chi connectivity index (χ3v) is 4.41. The van der Waals surface area contributed by atoms with Crippen LogP contribution in [0.1, 0.15) is 10.6 Å². The highest BCUT2D eigenvalue weighted by Gasteiger charge is 2.06. The molecule has 0 spiro atoms. The minimum Gasteiger partial charge on any atom is -0.444 e. The van der Waals surface area contributed by atoms with Crippen molar-refractivity contribution in [3.05, 3.63) is 64.7 Å². The molecule has 2 aromatic heterocycles. The van der Waals surface area contributed by atoms with Crippen molar-refractivity contribution in [3.8, 4) is 11.5 Å². The Kier molecular flexibility index (Phi) is 5.63. The van der Waals surface area contributed by atoms with Crippen LogP contribution in [-0.2, 0) is 12.8 Å². The standard InChI is InChI=1S/C18H19N3O2S/c22-18(20-11-9-16-7-4-12-24-16)19-10-8-15-13-23-17(21-15)14-5-2-1-3-6-14/h1-7,12-13H,8-11H2,(H2,19,20,22). The van der Waals surface area contributed by atoms with E-state index in [2.05, 4.69) is 21.7 Å². The van der Waals surface area contributed by atoms with Crippen molar-refractivity contribution in [2.45, 2.75) is 12.8 Å². The Bertz CT molecular complexity index is 754. The van der Waals surface area contributed by atoms with Crippen molar-refractivity contribution in [2.24, 2.45) is 0 Å². The molecule has 0 atom stereocenters. The third kappa shape index (κ3) is 4.70. The summed E-state index contributed by atoms with van der Waals surface area (Å²) < 4.78 is 5.48. The largest absolute Gasteiger partial charge is 0.444 e. The van der Waals surface area contributed by atoms with Crippen LogP contribution in [0.4, 0.5) is 4.79 Å². The lowest BCUT2D eigenvalue weighted by Gasteiger charge is -2.05. The first kappa shape index (κ1) is 16.3. The van der Waals surface area contributed by atoms with Crippen molar-refractivity contribution >= 4 is 17.4 Å². The maximum Gasteiger partial charge on any atom is 0.314 e. The number of hydrogen-bond donors (Lipinski definition) is 2. The molecule has 0 saturated heterocycles. The minimum absolute atomic E-state index is 0.154. The van der Waals surface area contributed by atoms with E-state index in [0.717, 1.165) is 17.7 Å². The third-order valence-electron chi connectivity index (χ3n) is 3.48. The molecule has 124 valence electrons. The number of oxazole rings is 1. The number of nitrogens with zero attached hydrogens (tertiary/aromatic N) is 1. The SMILES string of the molecule is O=C(NCCc1coc(-c2ccccc2)n1)NCCc1cccs1. The van der Waals surface area contributed by atoms with Gasteiger partial charge in [-0.1, -0.05) is 24.3 Å². The highest BCUT2D eigenvalue weighted by atomic mass is 32.1. The zero-order chi connectivity index (χ0) is 16.6. The van der Waals surface area contributed by atoms with E-state index in [9.17, 15) is 4.79 Å². The van der Waals surface area contributed by atoms with E-state index in [1.165, 1.54) is 4.88 Å². The number of aromatic nitrogens is 1. The van der Waals surface area contributed by atoms with Gasteiger partial charge in [-0.3, -0.25) is 0 Å². The first-order valence-corrected chi connectivity index (χ1v) is 8.73. The van der Waals surface area contributed by atoms with Crippen LogP contribution < -0.4 is 10.6 Å². The van der Waals surface area contributed by atoms with Gasteiger partial charge < -0.3 is 15.1 Å². The van der Waals surface area contributed by atoms with Crippen LogP contribution in [0, 0.1) is 0 Å². The minimum atomic E-state index is -0.154. The number of carbonyl (C=O) groups is 1. The highest BCUT2D eigenvalue weighted by Crippen LogP contribution is 2.17. The topological polar surface area (TPSA) is 67.2 Å². The molecule has 0 fully saturated rings. The molecule has 0 aliphatic heterocycles. The van der Waals surface area contributed by atoms with E-state index in [1.54, 1.807) is 17.6 Å². The normalized spacial score (nSPS) is 10.5. The molecule has 0 radical (unpaired) electrons. The van der Waals surface area contributed by atoms with Gasteiger partial charge in [0.05, 0.1) is 5.69 Å². The Balaban J connectivity index is 1.37. The average molecular weight is 341 g/mol. The molecule has 5 nitrogen and oxygen atoms in total. The lowest BCUT2D eigenvalue weighted by Crippen LogP contribution is -2.37. The first-order chi connectivity index (χ1) is 11.8. The van der Waals surface area contributed by atoms with Crippen LogP contribution in [0.15, 0.2) is 58.5 Å². The number of hydrogen-bond acceptors (Lipinski definition) is 4. The zero-order valence-corrected chi connectivity index (χ0v) is 14.0. The smallest absolute Gasteiger partial charge is 0.314 e. The van der Waals surface area contributed by atoms with Gasteiger partial charge in [-0.25, -0.2) is 9.78 Å². The molecule has 3 aromatic rings. The molecule has 2 heterocycles. The Morgan fingerprint density at radius 3 is 2.58 bits per heavy atom. The van der Waals surface area contributed by atoms with Crippen LogP contribution in [0.3, 0.4) is 0 Å². The summed E-state index contributed by atoms with van der Waals surface area (Å²) in [5.74, 6) is 0.603. The molecular formula is C18H19N3O2S. The van der Waals surface area contributed by atoms with Crippen LogP contribution in [-0.4, -0.2) is 24.1 Å². The second kappa shape index (κ2) is 8.31. The van der Waals surface area contributed by atoms with E-state index in [-0.39, 0.29) is 6.03 Å². The van der Waals surface area contributed by atoms with Crippen molar-refractivity contribution in [1.29, 1.82) is 0 Å². The van der Waals surface area contributed by atoms with Crippen LogP contribution in [0.25, 0.3) is 11.5 Å². The quantitative estimate of drug-likeness (QED) is 0.691. The fourth-order valence-corrected chi connectivity index (χ4v) is 2.96. The van der Waals surface area contributed by atoms with E-state index < -0.39 is 0 Å². The molecule has 3 rings (SSSR count). The van der Waals surface area contributed by atoms with E-state index >= 15 is 0 Å². The molecule has 0 unspecified atom stereocenters. The molecule has 0 bridgehead atoms. The van der Waals surface area contributed by atoms with Gasteiger partial charge in [0, 0.05) is 30.0 Å². The van der Waals surface area contributed by atoms with Crippen LogP contribution in [0.5, 0.6) is 0 Å². The predicted octanol–water partition coefficient (Wildman–Crippen LogP) is 3.49. The van der Waals surface area contributed by atoms with Gasteiger partial charge in [-0.2, -0.15) is 0 Å². The van der Waals surface area contributed by atoms with Gasteiger partial charge in [-0.15, -0.1) is 11.3 Å². The number of thiophene rings is 1. The molecule has 0 aliphatic carbocycles. The predicted molar refractivity (Wildman–Crippen MR) is 95.1 cm³/mol. The van der Waals surface area contributed by atoms with Gasteiger partial charge in [-0.05, 0) is 30.0 Å². The molecule has 0 saturated carbocycles. The van der Waals surface area contributed by atoms with Crippen LogP contribution in [0.2, 0.25) is 0 Å². The molecule has 2 N–H and O–H groups in total. The van der Waals surface area contributed by atoms with Gasteiger partial charge in [0.25, 0.3) is 0 Å². The molecule has 6 heteroatoms. The Morgan fingerprint density at radius 2 is 1.83 bits per heavy atom. The lowest BCUT2D eigenvalue weighted by molar-refractivity contribution is 0.241. The van der Waals surface area contributed by atoms with Crippen molar-refractivity contribution in [3.63, 3.8) is 0 Å². The van der Waals surface area contributed by atoms with E-state index in [4.69, 9.17) is 4.42 Å². The fourth-order valence-electron chi connectivity index (χ4n) is 2.26. The van der Waals surface area contributed by atoms with Gasteiger partial charge in [0.2, 0.25) is 5.89 Å². The summed E-state index contributed by atoms with van der Waals surface area (Å²) in [6.45, 7) is 1.15. The number of urea groups is 1. The van der Waals surface area contributed by atoms with Crippen molar-refractivity contribution in [1.82, 2.24) is 15.6 Å². The molecule has 2 amide bonds. The van der Waals surface area contributed by atoms with E-state index in [1.807, 2.05) is 41.8 Å². The summed E-state index contributed by atoms with van der Waals surface area (Å²) in [6.07, 6.45) is 3.13. The van der Waals surface area contributed by atoms with Gasteiger partial charge in [0.15, 0.2) is 0 Å². The zero-order valence-electron chi connectivity index (χ0n) is 13.2. The fraction of sp³-hybridized carbons (Fsp3) is 0.222. The van der Waals surface area contributed by atoms with Gasteiger partial charge in [0.1, 0.15) is 6.26 Å². The number of amides is 2. The monoisotopic (exact) mass is 341 g/mol. The van der Waals surface area contributed by atoms with Crippen molar-refractivity contribution < 1.29 is 9.21 Å². The van der Waals surface area contributed by atoms with Gasteiger partial charge >= 0.3 is 6.03 Å². The molecule has 0 aliphatic rings. The maximum absolute atomic E-state index is 11.7. The Hall–Kier alpha value is -2.60. The van der Waals surface area contributed by atoms with Crippen molar-refractivity contribution in [2.75, 3.05) is 13.1 Å². The summed E-state index contributed by atoms with van der Waals surface area (Å²) in [4.78, 5) is 17.4. The second-order valence-corrected chi connectivity index (χ2v) is 6.30. The number of nitrogens with one attached hydrogen (secondary N) is 2. The molecule has 1 aromatic carbocycles. The Morgan fingerprint density at radius 1 is 1.04 bits per heavy atom. The average Bonchev–Trinajstić information content (AvgIpc) is 3.28. The first-order valence-electron chi connectivity index (χ1n) is 7.85. The summed E-state index contributed by atoms with van der Waals surface area (Å²) >= 11 is 1.70. The number of benzene rings is 1. The number of rotatable bonds is 7. The summed E-state index contributed by atoms with van der Waals surface area (Å²) in [6, 6.07) is 13.7. The maximum atomic E-state index is 11.7. The summed E-state index contributed by atoms with van der Waals surface area (Å²) in [5.41, 5.74) is 1.77. The van der Waals surface area contributed by atoms with Crippen LogP contribution >= 0.6 is 11.3 Å². The summed E-state index contributed by atoms with van der Waals surface area (Å²) in [7, 11) is 0. The molecule has 24 heavy (non-hydrogen) atoms. The van der Waals surface area contributed by atoms with E-state index in [0.29, 0.717) is 25.4 Å². The Labute approximate surface area is 144 Å². The summed E-state index contributed by atoms with van der Waals surface area (Å²) in [5, 5.41) is 7.72. The lowest BCUT2D eigenvalue weighted by atomic mass is 10.2. The second-order valence-electron chi connectivity index (χ2n) is 5.27. The highest BCUT2D eigenvalue weighted by molar-refractivity contribution is 7.09. The number of carbonyl (C=O) groups excluding carboxylic acids is 1. The molecular weight excluding hydrogens is 322 g/mol.